The van der Waals surface area contributed by atoms with Crippen molar-refractivity contribution in [3.05, 3.63) is 97.2 Å². The first-order chi connectivity index (χ1) is 14.8. The van der Waals surface area contributed by atoms with Crippen LogP contribution in [0.2, 0.25) is 0 Å². The van der Waals surface area contributed by atoms with Crippen LogP contribution in [0.1, 0.15) is 5.56 Å². The van der Waals surface area contributed by atoms with Crippen molar-refractivity contribution in [2.75, 3.05) is 0 Å². The molecule has 9 heteroatoms. The number of hydrogen-bond donors (Lipinski definition) is 1. The van der Waals surface area contributed by atoms with Crippen molar-refractivity contribution in [1.82, 2.24) is 13.7 Å². The number of pyridine rings is 1. The topological polar surface area (TPSA) is 98.6 Å². The Balaban J connectivity index is 2.14. The van der Waals surface area contributed by atoms with Crippen molar-refractivity contribution in [3.63, 3.8) is 0 Å². The molecule has 0 fully saturated rings. The molecule has 0 radical (unpaired) electrons. The number of fused-ring (bicyclic) bond motifs is 1. The van der Waals surface area contributed by atoms with Gasteiger partial charge in [-0.2, -0.15) is 0 Å². The summed E-state index contributed by atoms with van der Waals surface area (Å²) in [7, 11) is 2.70. The molecule has 0 amide bonds. The average Bonchev–Trinajstić information content (AvgIpc) is 2.77. The molecule has 0 unspecified atom stereocenters. The summed E-state index contributed by atoms with van der Waals surface area (Å²) in [6.45, 7) is 0. The highest BCUT2D eigenvalue weighted by atomic mass is 19.1. The van der Waals surface area contributed by atoms with E-state index >= 15 is 0 Å². The molecule has 0 saturated carbocycles. The minimum atomic E-state index is -0.753. The molecule has 0 aliphatic heterocycles. The van der Waals surface area contributed by atoms with Crippen LogP contribution in [0.25, 0.3) is 16.7 Å². The third-order valence-corrected chi connectivity index (χ3v) is 4.95. The number of para-hydroxylation sites is 1. The number of benzene rings is 2. The quantitative estimate of drug-likeness (QED) is 0.513. The number of hydrogen-bond acceptors (Lipinski definition) is 5. The summed E-state index contributed by atoms with van der Waals surface area (Å²) < 4.78 is 16.3. The maximum Gasteiger partial charge on any atom is 0.332 e. The van der Waals surface area contributed by atoms with E-state index in [1.54, 1.807) is 30.3 Å². The van der Waals surface area contributed by atoms with Crippen LogP contribution in [0.4, 0.5) is 10.1 Å². The van der Waals surface area contributed by atoms with Crippen molar-refractivity contribution in [2.24, 2.45) is 19.1 Å². The summed E-state index contributed by atoms with van der Waals surface area (Å²) in [5.74, 6) is -1.03. The number of aliphatic imine (C=N–C) groups is 1. The molecule has 2 aromatic carbocycles. The molecule has 156 valence electrons. The molecular formula is C22H17FN4O4. The lowest BCUT2D eigenvalue weighted by atomic mass is 10.1. The van der Waals surface area contributed by atoms with Crippen LogP contribution in [-0.4, -0.2) is 25.0 Å². The van der Waals surface area contributed by atoms with E-state index < -0.39 is 28.4 Å². The fraction of sp³-hybridized carbons (Fsp3) is 0.0909. The van der Waals surface area contributed by atoms with Gasteiger partial charge < -0.3 is 5.11 Å². The van der Waals surface area contributed by atoms with Gasteiger partial charge >= 0.3 is 5.69 Å². The zero-order chi connectivity index (χ0) is 22.3. The second-order valence-electron chi connectivity index (χ2n) is 6.88. The number of aryl methyl sites for hydroxylation is 1. The highest BCUT2D eigenvalue weighted by molar-refractivity contribution is 5.94. The number of aromatic hydroxyl groups is 1. The molecule has 0 saturated heterocycles. The first-order valence-electron chi connectivity index (χ1n) is 9.24. The molecule has 2 heterocycles. The Labute approximate surface area is 174 Å². The van der Waals surface area contributed by atoms with Gasteiger partial charge in [-0.1, -0.05) is 18.2 Å². The Morgan fingerprint density at radius 1 is 0.903 bits per heavy atom. The SMILES string of the molecule is Cn1c(=O)c2c(O)c(C=Nc3ccc(F)cc3)c(=O)n(-c3ccccc3)c2n(C)c1=O. The predicted molar refractivity (Wildman–Crippen MR) is 115 cm³/mol. The molecule has 8 nitrogen and oxygen atoms in total. The van der Waals surface area contributed by atoms with E-state index in [2.05, 4.69) is 4.99 Å². The zero-order valence-corrected chi connectivity index (χ0v) is 16.6. The smallest absolute Gasteiger partial charge is 0.332 e. The standard InChI is InChI=1S/C22H17FN4O4/c1-25-19-17(21(30)26(2)22(25)31)18(28)16(12-24-14-10-8-13(23)9-11-14)20(29)27(19)15-6-4-3-5-7-15/h3-12,28H,1-2H3. The van der Waals surface area contributed by atoms with Gasteiger partial charge in [0.25, 0.3) is 11.1 Å². The first-order valence-corrected chi connectivity index (χ1v) is 9.24. The van der Waals surface area contributed by atoms with Crippen molar-refractivity contribution in [3.8, 4) is 11.4 Å². The number of aromatic nitrogens is 3. The van der Waals surface area contributed by atoms with Gasteiger partial charge in [0.2, 0.25) is 0 Å². The fourth-order valence-corrected chi connectivity index (χ4v) is 3.35. The highest BCUT2D eigenvalue weighted by Gasteiger charge is 2.22. The number of halogens is 1. The van der Waals surface area contributed by atoms with E-state index in [9.17, 15) is 23.9 Å². The molecule has 31 heavy (non-hydrogen) atoms. The van der Waals surface area contributed by atoms with Gasteiger partial charge in [0, 0.05) is 20.3 Å². The van der Waals surface area contributed by atoms with Crippen LogP contribution >= 0.6 is 0 Å². The Kier molecular flexibility index (Phi) is 4.86. The van der Waals surface area contributed by atoms with E-state index in [4.69, 9.17) is 0 Å². The summed E-state index contributed by atoms with van der Waals surface area (Å²) >= 11 is 0. The van der Waals surface area contributed by atoms with E-state index in [0.29, 0.717) is 11.4 Å². The minimum absolute atomic E-state index is 0.0410. The second kappa shape index (κ2) is 7.52. The predicted octanol–water partition coefficient (Wildman–Crippen LogP) is 1.98. The second-order valence-corrected chi connectivity index (χ2v) is 6.88. The monoisotopic (exact) mass is 420 g/mol. The molecule has 1 N–H and O–H groups in total. The van der Waals surface area contributed by atoms with Crippen molar-refractivity contribution < 1.29 is 9.50 Å². The lowest BCUT2D eigenvalue weighted by Crippen LogP contribution is -2.40. The van der Waals surface area contributed by atoms with Gasteiger partial charge in [-0.25, -0.2) is 9.18 Å². The van der Waals surface area contributed by atoms with Crippen LogP contribution in [0.3, 0.4) is 0 Å². The Morgan fingerprint density at radius 2 is 1.55 bits per heavy atom. The van der Waals surface area contributed by atoms with Crippen LogP contribution in [0.15, 0.2) is 74.0 Å². The summed E-state index contributed by atoms with van der Waals surface area (Å²) in [4.78, 5) is 42.9. The van der Waals surface area contributed by atoms with Crippen molar-refractivity contribution in [1.29, 1.82) is 0 Å². The fourth-order valence-electron chi connectivity index (χ4n) is 3.35. The molecule has 0 spiro atoms. The van der Waals surface area contributed by atoms with Gasteiger partial charge in [-0.05, 0) is 36.4 Å². The maximum absolute atomic E-state index is 13.4. The summed E-state index contributed by atoms with van der Waals surface area (Å²) in [6.07, 6.45) is 1.12. The molecular weight excluding hydrogens is 403 g/mol. The Morgan fingerprint density at radius 3 is 2.19 bits per heavy atom. The van der Waals surface area contributed by atoms with Crippen molar-refractivity contribution in [2.45, 2.75) is 0 Å². The molecule has 0 aliphatic rings. The van der Waals surface area contributed by atoms with Gasteiger partial charge in [-0.3, -0.25) is 28.3 Å². The highest BCUT2D eigenvalue weighted by Crippen LogP contribution is 2.24. The van der Waals surface area contributed by atoms with E-state index in [1.165, 1.54) is 42.9 Å². The number of rotatable bonds is 3. The third kappa shape index (κ3) is 3.25. The summed E-state index contributed by atoms with van der Waals surface area (Å²) in [6, 6.07) is 13.7. The molecule has 4 aromatic rings. The molecule has 2 aromatic heterocycles. The van der Waals surface area contributed by atoms with E-state index in [0.717, 1.165) is 15.3 Å². The van der Waals surface area contributed by atoms with Crippen LogP contribution < -0.4 is 16.8 Å². The van der Waals surface area contributed by atoms with Gasteiger partial charge in [0.05, 0.1) is 11.4 Å². The van der Waals surface area contributed by atoms with Gasteiger partial charge in [0.1, 0.15) is 28.2 Å². The first kappa shape index (κ1) is 20.0. The Hall–Kier alpha value is -4.27. The van der Waals surface area contributed by atoms with Gasteiger partial charge in [0.15, 0.2) is 0 Å². The lowest BCUT2D eigenvalue weighted by Gasteiger charge is -2.16. The maximum atomic E-state index is 13.4. The molecule has 0 aliphatic carbocycles. The molecule has 4 rings (SSSR count). The lowest BCUT2D eigenvalue weighted by molar-refractivity contribution is 0.477. The normalized spacial score (nSPS) is 11.5. The average molecular weight is 420 g/mol. The zero-order valence-electron chi connectivity index (χ0n) is 16.6. The van der Waals surface area contributed by atoms with Crippen molar-refractivity contribution >= 4 is 22.9 Å². The largest absolute Gasteiger partial charge is 0.506 e. The number of nitrogens with zero attached hydrogens (tertiary/aromatic N) is 4. The van der Waals surface area contributed by atoms with Crippen LogP contribution in [-0.2, 0) is 14.1 Å². The summed E-state index contributed by atoms with van der Waals surface area (Å²) in [5, 5.41) is 10.7. The van der Waals surface area contributed by atoms with Crippen LogP contribution in [0, 0.1) is 5.82 Å². The Bertz CT molecular complexity index is 1510. The van der Waals surface area contributed by atoms with Gasteiger partial charge in [-0.15, -0.1) is 0 Å². The third-order valence-electron chi connectivity index (χ3n) is 4.95. The minimum Gasteiger partial charge on any atom is -0.506 e. The molecule has 0 bridgehead atoms. The molecule has 0 atom stereocenters. The van der Waals surface area contributed by atoms with E-state index in [1.807, 2.05) is 0 Å². The van der Waals surface area contributed by atoms with Crippen LogP contribution in [0.5, 0.6) is 5.75 Å². The summed E-state index contributed by atoms with van der Waals surface area (Å²) in [5.41, 5.74) is -1.61. The van der Waals surface area contributed by atoms with E-state index in [-0.39, 0.29) is 16.6 Å².